The van der Waals surface area contributed by atoms with Crippen molar-refractivity contribution in [1.82, 2.24) is 14.2 Å². The lowest BCUT2D eigenvalue weighted by molar-refractivity contribution is 0.563. The fourth-order valence-corrected chi connectivity index (χ4v) is 1.62. The molecule has 0 aliphatic rings. The van der Waals surface area contributed by atoms with Crippen molar-refractivity contribution in [3.8, 4) is 0 Å². The molecular formula is C11H18N4. The molecule has 0 radical (unpaired) electrons. The zero-order chi connectivity index (χ0) is 11.1. The van der Waals surface area contributed by atoms with Crippen LogP contribution in [0.5, 0.6) is 0 Å². The lowest BCUT2D eigenvalue weighted by Gasteiger charge is -2.13. The predicted octanol–water partition coefficient (Wildman–Crippen LogP) is 1.39. The molecular weight excluding hydrogens is 188 g/mol. The van der Waals surface area contributed by atoms with Gasteiger partial charge in [-0.05, 0) is 0 Å². The van der Waals surface area contributed by atoms with Gasteiger partial charge in [-0.15, -0.1) is 0 Å². The van der Waals surface area contributed by atoms with Gasteiger partial charge in [0, 0.05) is 37.0 Å². The van der Waals surface area contributed by atoms with E-state index in [0.717, 1.165) is 17.9 Å². The van der Waals surface area contributed by atoms with Crippen LogP contribution in [0.15, 0.2) is 18.5 Å². The highest BCUT2D eigenvalue weighted by Crippen LogP contribution is 2.22. The van der Waals surface area contributed by atoms with Crippen LogP contribution in [0.4, 0.5) is 0 Å². The van der Waals surface area contributed by atoms with Crippen LogP contribution in [0.2, 0.25) is 0 Å². The minimum Gasteiger partial charge on any atom is -0.330 e. The highest BCUT2D eigenvalue weighted by atomic mass is 15.3. The zero-order valence-corrected chi connectivity index (χ0v) is 9.57. The van der Waals surface area contributed by atoms with Crippen molar-refractivity contribution in [2.75, 3.05) is 6.54 Å². The number of rotatable bonds is 2. The summed E-state index contributed by atoms with van der Waals surface area (Å²) in [5.41, 5.74) is 7.88. The summed E-state index contributed by atoms with van der Waals surface area (Å²) in [5.74, 6) is 0. The van der Waals surface area contributed by atoms with Crippen LogP contribution in [-0.2, 0) is 12.0 Å². The lowest BCUT2D eigenvalue weighted by Crippen LogP contribution is -2.11. The maximum Gasteiger partial charge on any atom is 0.136 e. The van der Waals surface area contributed by atoms with Gasteiger partial charge in [0.2, 0.25) is 0 Å². The predicted molar refractivity (Wildman–Crippen MR) is 60.9 cm³/mol. The average molecular weight is 206 g/mol. The third-order valence-corrected chi connectivity index (χ3v) is 2.54. The number of hydrogen-bond donors (Lipinski definition) is 1. The van der Waals surface area contributed by atoms with Gasteiger partial charge in [-0.1, -0.05) is 20.8 Å². The van der Waals surface area contributed by atoms with Gasteiger partial charge < -0.3 is 10.3 Å². The third-order valence-electron chi connectivity index (χ3n) is 2.54. The van der Waals surface area contributed by atoms with Gasteiger partial charge >= 0.3 is 0 Å². The molecule has 2 aromatic heterocycles. The van der Waals surface area contributed by atoms with Gasteiger partial charge in [-0.25, -0.2) is 4.52 Å². The zero-order valence-electron chi connectivity index (χ0n) is 9.57. The van der Waals surface area contributed by atoms with Crippen molar-refractivity contribution in [1.29, 1.82) is 0 Å². The number of nitrogens with two attached hydrogens (primary N) is 1. The molecule has 4 nitrogen and oxygen atoms in total. The Morgan fingerprint density at radius 2 is 2.07 bits per heavy atom. The van der Waals surface area contributed by atoms with Crippen LogP contribution in [0.25, 0.3) is 5.65 Å². The van der Waals surface area contributed by atoms with Gasteiger partial charge in [0.25, 0.3) is 0 Å². The van der Waals surface area contributed by atoms with Gasteiger partial charge in [-0.3, -0.25) is 0 Å². The average Bonchev–Trinajstić information content (AvgIpc) is 2.65. The van der Waals surface area contributed by atoms with Gasteiger partial charge in [0.15, 0.2) is 0 Å². The van der Waals surface area contributed by atoms with Gasteiger partial charge in [-0.2, -0.15) is 5.10 Å². The molecule has 0 spiro atoms. The molecule has 2 heterocycles. The molecule has 2 N–H and O–H groups in total. The lowest BCUT2D eigenvalue weighted by atomic mass is 9.93. The van der Waals surface area contributed by atoms with E-state index < -0.39 is 0 Å². The van der Waals surface area contributed by atoms with Gasteiger partial charge in [0.1, 0.15) is 5.65 Å². The van der Waals surface area contributed by atoms with Crippen molar-refractivity contribution in [2.45, 2.75) is 32.7 Å². The van der Waals surface area contributed by atoms with Crippen molar-refractivity contribution in [3.05, 3.63) is 24.2 Å². The first-order valence-electron chi connectivity index (χ1n) is 5.27. The number of hydrogen-bond acceptors (Lipinski definition) is 2. The Kier molecular flexibility index (Phi) is 2.31. The van der Waals surface area contributed by atoms with Crippen molar-refractivity contribution < 1.29 is 0 Å². The first-order valence-corrected chi connectivity index (χ1v) is 5.27. The normalized spacial score (nSPS) is 12.5. The summed E-state index contributed by atoms with van der Waals surface area (Å²) in [4.78, 5) is 0. The number of imidazole rings is 1. The third kappa shape index (κ3) is 1.77. The summed E-state index contributed by atoms with van der Waals surface area (Å²) in [5, 5.41) is 4.54. The standard InChI is InChI=1S/C11H18N4/c1-11(2,3)9-8-10-14(5-4-12)6-7-15(10)13-9/h6-8H,4-5,12H2,1-3H3. The largest absolute Gasteiger partial charge is 0.330 e. The molecule has 15 heavy (non-hydrogen) atoms. The van der Waals surface area contributed by atoms with Crippen LogP contribution in [-0.4, -0.2) is 20.7 Å². The summed E-state index contributed by atoms with van der Waals surface area (Å²) in [7, 11) is 0. The second-order valence-corrected chi connectivity index (χ2v) is 4.86. The summed E-state index contributed by atoms with van der Waals surface area (Å²) in [6.07, 6.45) is 3.99. The van der Waals surface area contributed by atoms with Crippen molar-refractivity contribution in [2.24, 2.45) is 5.73 Å². The van der Waals surface area contributed by atoms with Crippen LogP contribution in [0, 0.1) is 0 Å². The first kappa shape index (κ1) is 10.2. The molecule has 2 aromatic rings. The van der Waals surface area contributed by atoms with E-state index in [-0.39, 0.29) is 5.41 Å². The van der Waals surface area contributed by atoms with E-state index in [1.807, 2.05) is 16.9 Å². The molecule has 0 saturated carbocycles. The summed E-state index contributed by atoms with van der Waals surface area (Å²) < 4.78 is 4.04. The maximum atomic E-state index is 5.55. The van der Waals surface area contributed by atoms with E-state index in [9.17, 15) is 0 Å². The molecule has 0 aliphatic heterocycles. The highest BCUT2D eigenvalue weighted by molar-refractivity contribution is 5.42. The van der Waals surface area contributed by atoms with E-state index in [0.29, 0.717) is 6.54 Å². The Morgan fingerprint density at radius 1 is 1.33 bits per heavy atom. The molecule has 82 valence electrons. The maximum absolute atomic E-state index is 5.55. The van der Waals surface area contributed by atoms with E-state index in [4.69, 9.17) is 5.73 Å². The van der Waals surface area contributed by atoms with Crippen LogP contribution in [0.1, 0.15) is 26.5 Å². The minimum atomic E-state index is 0.0968. The number of aromatic nitrogens is 3. The Labute approximate surface area is 89.7 Å². The molecule has 4 heteroatoms. The first-order chi connectivity index (χ1) is 7.02. The Bertz CT molecular complexity index is 458. The number of nitrogens with zero attached hydrogens (tertiary/aromatic N) is 3. The van der Waals surface area contributed by atoms with E-state index in [1.54, 1.807) is 0 Å². The Balaban J connectivity index is 2.48. The molecule has 0 aromatic carbocycles. The Morgan fingerprint density at radius 3 is 2.67 bits per heavy atom. The van der Waals surface area contributed by atoms with E-state index in [2.05, 4.69) is 36.5 Å². The van der Waals surface area contributed by atoms with Crippen LogP contribution < -0.4 is 5.73 Å². The topological polar surface area (TPSA) is 48.2 Å². The fraction of sp³-hybridized carbons (Fsp3) is 0.545. The summed E-state index contributed by atoms with van der Waals surface area (Å²) in [6, 6.07) is 2.13. The summed E-state index contributed by atoms with van der Waals surface area (Å²) >= 11 is 0. The minimum absolute atomic E-state index is 0.0968. The molecule has 0 saturated heterocycles. The van der Waals surface area contributed by atoms with Crippen molar-refractivity contribution in [3.63, 3.8) is 0 Å². The Hall–Kier alpha value is -1.29. The van der Waals surface area contributed by atoms with Gasteiger partial charge in [0.05, 0.1) is 5.69 Å². The van der Waals surface area contributed by atoms with E-state index in [1.165, 1.54) is 0 Å². The quantitative estimate of drug-likeness (QED) is 0.807. The molecule has 2 rings (SSSR count). The second-order valence-electron chi connectivity index (χ2n) is 4.86. The van der Waals surface area contributed by atoms with Crippen LogP contribution in [0.3, 0.4) is 0 Å². The molecule has 0 atom stereocenters. The summed E-state index contributed by atoms with van der Waals surface area (Å²) in [6.45, 7) is 8.00. The molecule has 0 amide bonds. The SMILES string of the molecule is CC(C)(C)c1cc2n(CCN)ccn2n1. The van der Waals surface area contributed by atoms with Crippen LogP contribution >= 0.6 is 0 Å². The smallest absolute Gasteiger partial charge is 0.136 e. The van der Waals surface area contributed by atoms with Crippen molar-refractivity contribution >= 4 is 5.65 Å². The highest BCUT2D eigenvalue weighted by Gasteiger charge is 2.18. The molecule has 0 bridgehead atoms. The molecule has 0 aliphatic carbocycles. The number of fused-ring (bicyclic) bond motifs is 1. The fourth-order valence-electron chi connectivity index (χ4n) is 1.62. The molecule has 0 fully saturated rings. The molecule has 0 unspecified atom stereocenters. The monoisotopic (exact) mass is 206 g/mol. The van der Waals surface area contributed by atoms with E-state index >= 15 is 0 Å². The second kappa shape index (κ2) is 3.38.